The molecule has 0 aromatic carbocycles. The Morgan fingerprint density at radius 3 is 2.76 bits per heavy atom. The van der Waals surface area contributed by atoms with Gasteiger partial charge in [-0.15, -0.1) is 0 Å². The molecule has 0 saturated carbocycles. The summed E-state index contributed by atoms with van der Waals surface area (Å²) in [5.41, 5.74) is 1.11. The number of ether oxygens (including phenoxy) is 1. The van der Waals surface area contributed by atoms with Crippen LogP contribution in [0.5, 0.6) is 0 Å². The van der Waals surface area contributed by atoms with Crippen LogP contribution in [0.25, 0.3) is 0 Å². The number of aryl methyl sites for hydroxylation is 1. The van der Waals surface area contributed by atoms with E-state index >= 15 is 0 Å². The molecule has 1 aliphatic heterocycles. The lowest BCUT2D eigenvalue weighted by Crippen LogP contribution is -2.28. The van der Waals surface area contributed by atoms with Crippen LogP contribution in [0.4, 0.5) is 11.6 Å². The Labute approximate surface area is 102 Å². The van der Waals surface area contributed by atoms with Crippen LogP contribution >= 0.6 is 0 Å². The van der Waals surface area contributed by atoms with E-state index in [1.54, 1.807) is 0 Å². The number of nitrogens with zero attached hydrogens (tertiary/aromatic N) is 3. The number of rotatable bonds is 2. The molecule has 1 aromatic heterocycles. The van der Waals surface area contributed by atoms with E-state index in [9.17, 15) is 0 Å². The average molecular weight is 236 g/mol. The highest BCUT2D eigenvalue weighted by atomic mass is 16.5. The molecular formula is C12H20N4O. The van der Waals surface area contributed by atoms with Crippen LogP contribution in [0, 0.1) is 13.8 Å². The maximum atomic E-state index is 5.47. The quantitative estimate of drug-likeness (QED) is 0.840. The molecule has 0 unspecified atom stereocenters. The van der Waals surface area contributed by atoms with E-state index < -0.39 is 0 Å². The molecule has 5 heteroatoms. The highest BCUT2D eigenvalue weighted by molar-refractivity contribution is 5.58. The van der Waals surface area contributed by atoms with Crippen LogP contribution in [0.2, 0.25) is 0 Å². The Balaban J connectivity index is 2.32. The molecule has 2 rings (SSSR count). The van der Waals surface area contributed by atoms with Gasteiger partial charge in [-0.1, -0.05) is 0 Å². The first-order valence-corrected chi connectivity index (χ1v) is 6.08. The third-order valence-corrected chi connectivity index (χ3v) is 2.99. The second kappa shape index (κ2) is 5.31. The summed E-state index contributed by atoms with van der Waals surface area (Å²) in [6.07, 6.45) is 1.05. The van der Waals surface area contributed by atoms with Gasteiger partial charge in [-0.3, -0.25) is 0 Å². The first-order chi connectivity index (χ1) is 8.22. The molecule has 0 amide bonds. The molecule has 0 aliphatic carbocycles. The molecule has 0 spiro atoms. The van der Waals surface area contributed by atoms with Crippen molar-refractivity contribution in [1.82, 2.24) is 9.97 Å². The van der Waals surface area contributed by atoms with Gasteiger partial charge in [0, 0.05) is 32.3 Å². The summed E-state index contributed by atoms with van der Waals surface area (Å²) in [6.45, 7) is 7.52. The summed E-state index contributed by atoms with van der Waals surface area (Å²) in [5.74, 6) is 2.75. The van der Waals surface area contributed by atoms with Gasteiger partial charge < -0.3 is 15.0 Å². The van der Waals surface area contributed by atoms with Crippen LogP contribution < -0.4 is 10.2 Å². The molecule has 17 heavy (non-hydrogen) atoms. The Kier molecular flexibility index (Phi) is 3.78. The molecule has 2 heterocycles. The van der Waals surface area contributed by atoms with Crippen LogP contribution in [0.15, 0.2) is 0 Å². The summed E-state index contributed by atoms with van der Waals surface area (Å²) >= 11 is 0. The van der Waals surface area contributed by atoms with Gasteiger partial charge in [-0.2, -0.15) is 0 Å². The van der Waals surface area contributed by atoms with E-state index in [4.69, 9.17) is 4.74 Å². The van der Waals surface area contributed by atoms with Crippen molar-refractivity contribution in [3.8, 4) is 0 Å². The van der Waals surface area contributed by atoms with E-state index in [0.29, 0.717) is 0 Å². The van der Waals surface area contributed by atoms with Gasteiger partial charge in [0.25, 0.3) is 0 Å². The highest BCUT2D eigenvalue weighted by Gasteiger charge is 2.16. The van der Waals surface area contributed by atoms with Crippen molar-refractivity contribution in [3.63, 3.8) is 0 Å². The summed E-state index contributed by atoms with van der Waals surface area (Å²) < 4.78 is 5.47. The van der Waals surface area contributed by atoms with E-state index in [-0.39, 0.29) is 0 Å². The number of anilines is 2. The zero-order chi connectivity index (χ0) is 12.3. The molecule has 5 nitrogen and oxygen atoms in total. The minimum atomic E-state index is 0.775. The maximum absolute atomic E-state index is 5.47. The number of aromatic nitrogens is 2. The second-order valence-corrected chi connectivity index (χ2v) is 4.27. The number of hydrogen-bond acceptors (Lipinski definition) is 5. The predicted octanol–water partition coefficient (Wildman–Crippen LogP) is 1.36. The van der Waals surface area contributed by atoms with Crippen molar-refractivity contribution in [2.75, 3.05) is 43.6 Å². The van der Waals surface area contributed by atoms with Crippen LogP contribution in [0.3, 0.4) is 0 Å². The van der Waals surface area contributed by atoms with Crippen molar-refractivity contribution >= 4 is 11.6 Å². The van der Waals surface area contributed by atoms with Gasteiger partial charge in [-0.25, -0.2) is 9.97 Å². The van der Waals surface area contributed by atoms with Gasteiger partial charge in [-0.05, 0) is 20.3 Å². The standard InChI is InChI=1S/C12H20N4O/c1-9-11(13-3)14-10(2)15-12(9)16-5-4-7-17-8-6-16/h4-8H2,1-3H3,(H,13,14,15). The monoisotopic (exact) mass is 236 g/mol. The number of nitrogens with one attached hydrogen (secondary N) is 1. The highest BCUT2D eigenvalue weighted by Crippen LogP contribution is 2.23. The molecule has 1 aromatic rings. The Morgan fingerprint density at radius 1 is 1.18 bits per heavy atom. The second-order valence-electron chi connectivity index (χ2n) is 4.27. The zero-order valence-electron chi connectivity index (χ0n) is 10.8. The van der Waals surface area contributed by atoms with Gasteiger partial charge in [0.05, 0.1) is 6.61 Å². The summed E-state index contributed by atoms with van der Waals surface area (Å²) in [5, 5.41) is 3.12. The van der Waals surface area contributed by atoms with Gasteiger partial charge in [0.1, 0.15) is 17.5 Å². The average Bonchev–Trinajstić information content (AvgIpc) is 2.60. The normalized spacial score (nSPS) is 16.8. The summed E-state index contributed by atoms with van der Waals surface area (Å²) in [6, 6.07) is 0. The third kappa shape index (κ3) is 2.66. The Hall–Kier alpha value is -1.36. The van der Waals surface area contributed by atoms with Gasteiger partial charge >= 0.3 is 0 Å². The van der Waals surface area contributed by atoms with Crippen LogP contribution in [0.1, 0.15) is 17.8 Å². The molecule has 0 radical (unpaired) electrons. The predicted molar refractivity (Wildman–Crippen MR) is 68.7 cm³/mol. The first kappa shape index (κ1) is 12.1. The largest absolute Gasteiger partial charge is 0.380 e. The molecular weight excluding hydrogens is 216 g/mol. The van der Waals surface area contributed by atoms with Gasteiger partial charge in [0.2, 0.25) is 0 Å². The molecule has 1 fully saturated rings. The lowest BCUT2D eigenvalue weighted by molar-refractivity contribution is 0.152. The minimum absolute atomic E-state index is 0.775. The van der Waals surface area contributed by atoms with E-state index in [1.165, 1.54) is 0 Å². The van der Waals surface area contributed by atoms with Crippen molar-refractivity contribution in [2.45, 2.75) is 20.3 Å². The third-order valence-electron chi connectivity index (χ3n) is 2.99. The minimum Gasteiger partial charge on any atom is -0.380 e. The lowest BCUT2D eigenvalue weighted by atomic mass is 10.2. The fraction of sp³-hybridized carbons (Fsp3) is 0.667. The van der Waals surface area contributed by atoms with Crippen LogP contribution in [-0.2, 0) is 4.74 Å². The van der Waals surface area contributed by atoms with E-state index in [1.807, 2.05) is 14.0 Å². The van der Waals surface area contributed by atoms with Crippen molar-refractivity contribution in [2.24, 2.45) is 0 Å². The molecule has 1 saturated heterocycles. The Morgan fingerprint density at radius 2 is 2.00 bits per heavy atom. The smallest absolute Gasteiger partial charge is 0.137 e. The fourth-order valence-corrected chi connectivity index (χ4v) is 2.12. The SMILES string of the molecule is CNc1nc(C)nc(N2CCCOCC2)c1C. The first-order valence-electron chi connectivity index (χ1n) is 6.08. The van der Waals surface area contributed by atoms with Crippen molar-refractivity contribution < 1.29 is 4.74 Å². The van der Waals surface area contributed by atoms with Gasteiger partial charge in [0.15, 0.2) is 0 Å². The Bertz CT molecular complexity index is 386. The maximum Gasteiger partial charge on any atom is 0.137 e. The molecule has 0 atom stereocenters. The van der Waals surface area contributed by atoms with Crippen molar-refractivity contribution in [3.05, 3.63) is 11.4 Å². The van der Waals surface area contributed by atoms with E-state index in [2.05, 4.69) is 27.1 Å². The molecule has 0 bridgehead atoms. The van der Waals surface area contributed by atoms with Crippen LogP contribution in [-0.4, -0.2) is 43.3 Å². The van der Waals surface area contributed by atoms with E-state index in [0.717, 1.165) is 55.7 Å². The topological polar surface area (TPSA) is 50.3 Å². The lowest BCUT2D eigenvalue weighted by Gasteiger charge is -2.23. The number of hydrogen-bond donors (Lipinski definition) is 1. The molecule has 1 aliphatic rings. The van der Waals surface area contributed by atoms with Crippen molar-refractivity contribution in [1.29, 1.82) is 0 Å². The fourth-order valence-electron chi connectivity index (χ4n) is 2.12. The molecule has 1 N–H and O–H groups in total. The molecule has 94 valence electrons. The summed E-state index contributed by atoms with van der Waals surface area (Å²) in [7, 11) is 1.89. The zero-order valence-corrected chi connectivity index (χ0v) is 10.8. The summed E-state index contributed by atoms with van der Waals surface area (Å²) in [4.78, 5) is 11.2.